The van der Waals surface area contributed by atoms with Gasteiger partial charge in [0.2, 0.25) is 0 Å². The van der Waals surface area contributed by atoms with E-state index in [1.807, 2.05) is 39.0 Å². The van der Waals surface area contributed by atoms with E-state index in [2.05, 4.69) is 79.8 Å². The highest BCUT2D eigenvalue weighted by molar-refractivity contribution is 5.97. The van der Waals surface area contributed by atoms with E-state index in [9.17, 15) is 4.79 Å². The molecule has 0 aromatic heterocycles. The van der Waals surface area contributed by atoms with E-state index in [1.165, 1.54) is 0 Å². The first-order chi connectivity index (χ1) is 19.4. The molecule has 0 aliphatic carbocycles. The second kappa shape index (κ2) is 22.4. The van der Waals surface area contributed by atoms with Gasteiger partial charge in [0, 0.05) is 5.41 Å². The van der Waals surface area contributed by atoms with E-state index >= 15 is 0 Å². The summed E-state index contributed by atoms with van der Waals surface area (Å²) in [4.78, 5) is 12.1. The SMILES string of the molecule is CCC=CCC=CCC=CCC=CCC=CCC=CCCOCOc1ccc(C=CC(=O)C(C)(C)C)cc1OC. The monoisotopic (exact) mass is 546 g/mol. The normalized spacial score (nSPS) is 13.0. The molecule has 1 rings (SSSR count). The summed E-state index contributed by atoms with van der Waals surface area (Å²) in [6, 6.07) is 5.56. The van der Waals surface area contributed by atoms with Crippen LogP contribution >= 0.6 is 0 Å². The maximum absolute atomic E-state index is 12.1. The number of ether oxygens (including phenoxy) is 3. The zero-order chi connectivity index (χ0) is 29.3. The number of hydrogen-bond donors (Lipinski definition) is 0. The molecule has 1 aromatic carbocycles. The van der Waals surface area contributed by atoms with Crippen molar-refractivity contribution in [2.45, 2.75) is 72.6 Å². The van der Waals surface area contributed by atoms with Crippen molar-refractivity contribution >= 4 is 11.9 Å². The molecule has 40 heavy (non-hydrogen) atoms. The van der Waals surface area contributed by atoms with Crippen molar-refractivity contribution in [3.05, 3.63) is 103 Å². The van der Waals surface area contributed by atoms with Gasteiger partial charge in [0.15, 0.2) is 24.1 Å². The zero-order valence-electron chi connectivity index (χ0n) is 25.3. The van der Waals surface area contributed by atoms with Crippen molar-refractivity contribution < 1.29 is 19.0 Å². The van der Waals surface area contributed by atoms with Crippen LogP contribution in [0.5, 0.6) is 11.5 Å². The first-order valence-corrected chi connectivity index (χ1v) is 14.4. The molecule has 0 spiro atoms. The Morgan fingerprint density at radius 1 is 0.750 bits per heavy atom. The lowest BCUT2D eigenvalue weighted by atomic mass is 9.90. The number of hydrogen-bond acceptors (Lipinski definition) is 4. The molecule has 0 radical (unpaired) electrons. The Morgan fingerprint density at radius 2 is 1.27 bits per heavy atom. The number of rotatable bonds is 20. The van der Waals surface area contributed by atoms with Crippen molar-refractivity contribution in [2.24, 2.45) is 5.41 Å². The van der Waals surface area contributed by atoms with E-state index in [-0.39, 0.29) is 12.6 Å². The van der Waals surface area contributed by atoms with Crippen LogP contribution in [0.2, 0.25) is 0 Å². The Morgan fingerprint density at radius 3 is 1.77 bits per heavy atom. The van der Waals surface area contributed by atoms with Crippen LogP contribution in [0.3, 0.4) is 0 Å². The van der Waals surface area contributed by atoms with Crippen LogP contribution in [0.25, 0.3) is 6.08 Å². The van der Waals surface area contributed by atoms with Gasteiger partial charge in [-0.3, -0.25) is 4.79 Å². The van der Waals surface area contributed by atoms with Crippen LogP contribution in [0, 0.1) is 5.41 Å². The van der Waals surface area contributed by atoms with Gasteiger partial charge >= 0.3 is 0 Å². The Balaban J connectivity index is 2.15. The predicted molar refractivity (Wildman–Crippen MR) is 171 cm³/mol. The van der Waals surface area contributed by atoms with Gasteiger partial charge in [0.1, 0.15) is 0 Å². The highest BCUT2D eigenvalue weighted by atomic mass is 16.7. The maximum atomic E-state index is 12.1. The summed E-state index contributed by atoms with van der Waals surface area (Å²) in [6.07, 6.45) is 36.6. The summed E-state index contributed by atoms with van der Waals surface area (Å²) < 4.78 is 16.7. The van der Waals surface area contributed by atoms with E-state index in [1.54, 1.807) is 19.3 Å². The van der Waals surface area contributed by atoms with E-state index < -0.39 is 5.41 Å². The van der Waals surface area contributed by atoms with E-state index in [0.29, 0.717) is 18.1 Å². The Kier molecular flexibility index (Phi) is 19.4. The molecular weight excluding hydrogens is 496 g/mol. The molecule has 0 amide bonds. The lowest BCUT2D eigenvalue weighted by Gasteiger charge is -2.13. The number of ketones is 1. The fourth-order valence-electron chi connectivity index (χ4n) is 3.28. The standard InChI is InChI=1S/C36H50O4/c1-6-7-8-9-10-11-12-13-14-15-16-17-18-19-20-21-22-23-24-29-39-31-40-33-27-25-32(30-34(33)38-5)26-28-35(37)36(2,3)4/h7-8,10-11,13-14,16-17,19-20,22-23,25-28,30H,6,9,12,15,18,21,24,29,31H2,1-5H3. The Bertz CT molecular complexity index is 1030. The fourth-order valence-corrected chi connectivity index (χ4v) is 3.28. The first-order valence-electron chi connectivity index (χ1n) is 14.4. The molecule has 4 heteroatoms. The quantitative estimate of drug-likeness (QED) is 0.0706. The van der Waals surface area contributed by atoms with Gasteiger partial charge in [0.25, 0.3) is 0 Å². The van der Waals surface area contributed by atoms with Gasteiger partial charge in [0.05, 0.1) is 13.7 Å². The van der Waals surface area contributed by atoms with Crippen LogP contribution in [0.1, 0.15) is 78.2 Å². The second-order valence-electron chi connectivity index (χ2n) is 10.2. The lowest BCUT2D eigenvalue weighted by molar-refractivity contribution is -0.121. The molecule has 0 atom stereocenters. The van der Waals surface area contributed by atoms with Gasteiger partial charge in [-0.05, 0) is 68.7 Å². The van der Waals surface area contributed by atoms with Gasteiger partial charge in [-0.1, -0.05) is 113 Å². The number of methoxy groups -OCH3 is 1. The van der Waals surface area contributed by atoms with Crippen molar-refractivity contribution in [3.8, 4) is 11.5 Å². The third kappa shape index (κ3) is 18.0. The summed E-state index contributed by atoms with van der Waals surface area (Å²) in [6.45, 7) is 8.59. The lowest BCUT2D eigenvalue weighted by Crippen LogP contribution is -2.17. The van der Waals surface area contributed by atoms with Crippen LogP contribution in [-0.4, -0.2) is 26.3 Å². The van der Waals surface area contributed by atoms with Crippen molar-refractivity contribution in [1.29, 1.82) is 0 Å². The highest BCUT2D eigenvalue weighted by Gasteiger charge is 2.18. The van der Waals surface area contributed by atoms with Crippen LogP contribution in [0.4, 0.5) is 0 Å². The van der Waals surface area contributed by atoms with Crippen LogP contribution in [-0.2, 0) is 9.53 Å². The van der Waals surface area contributed by atoms with Gasteiger partial charge in [-0.15, -0.1) is 0 Å². The molecule has 4 nitrogen and oxygen atoms in total. The molecule has 0 saturated carbocycles. The smallest absolute Gasteiger partial charge is 0.189 e. The molecule has 0 heterocycles. The minimum absolute atomic E-state index is 0.0760. The third-order valence-electron chi connectivity index (χ3n) is 5.68. The summed E-state index contributed by atoms with van der Waals surface area (Å²) in [5.74, 6) is 1.29. The summed E-state index contributed by atoms with van der Waals surface area (Å²) in [7, 11) is 1.60. The third-order valence-corrected chi connectivity index (χ3v) is 5.68. The van der Waals surface area contributed by atoms with Gasteiger partial charge in [-0.2, -0.15) is 0 Å². The summed E-state index contributed by atoms with van der Waals surface area (Å²) >= 11 is 0. The molecule has 218 valence electrons. The van der Waals surface area contributed by atoms with Crippen LogP contribution in [0.15, 0.2) is 97.2 Å². The zero-order valence-corrected chi connectivity index (χ0v) is 25.3. The van der Waals surface area contributed by atoms with Crippen molar-refractivity contribution in [3.63, 3.8) is 0 Å². The van der Waals surface area contributed by atoms with Gasteiger partial charge in [-0.25, -0.2) is 0 Å². The molecule has 0 fully saturated rings. The number of carbonyl (C=O) groups is 1. The van der Waals surface area contributed by atoms with Crippen LogP contribution < -0.4 is 9.47 Å². The summed E-state index contributed by atoms with van der Waals surface area (Å²) in [5, 5.41) is 0. The molecule has 0 unspecified atom stereocenters. The Labute approximate surface area is 243 Å². The second-order valence-corrected chi connectivity index (χ2v) is 10.2. The molecule has 0 saturated heterocycles. The molecule has 1 aromatic rings. The predicted octanol–water partition coefficient (Wildman–Crippen LogP) is 9.76. The average molecular weight is 547 g/mol. The minimum atomic E-state index is -0.397. The molecular formula is C36H50O4. The topological polar surface area (TPSA) is 44.8 Å². The molecule has 0 aliphatic heterocycles. The summed E-state index contributed by atoms with van der Waals surface area (Å²) in [5.41, 5.74) is 0.478. The maximum Gasteiger partial charge on any atom is 0.189 e. The van der Waals surface area contributed by atoms with Gasteiger partial charge < -0.3 is 14.2 Å². The largest absolute Gasteiger partial charge is 0.493 e. The first kappa shape index (κ1) is 34.7. The minimum Gasteiger partial charge on any atom is -0.493 e. The molecule has 0 bridgehead atoms. The number of carbonyl (C=O) groups excluding carboxylic acids is 1. The molecule has 0 aliphatic rings. The fraction of sp³-hybridized carbons (Fsp3) is 0.417. The highest BCUT2D eigenvalue weighted by Crippen LogP contribution is 2.29. The molecule has 0 N–H and O–H groups in total. The van der Waals surface area contributed by atoms with Crippen molar-refractivity contribution in [1.82, 2.24) is 0 Å². The number of benzene rings is 1. The average Bonchev–Trinajstić information content (AvgIpc) is 2.94. The van der Waals surface area contributed by atoms with E-state index in [0.717, 1.165) is 50.5 Å². The number of allylic oxidation sites excluding steroid dienone is 12. The van der Waals surface area contributed by atoms with E-state index in [4.69, 9.17) is 14.2 Å². The Hall–Kier alpha value is -3.37. The van der Waals surface area contributed by atoms with Crippen molar-refractivity contribution in [2.75, 3.05) is 20.5 Å².